The number of likely N-dealkylation sites (tertiary alicyclic amines) is 1. The van der Waals surface area contributed by atoms with Gasteiger partial charge in [-0.15, -0.1) is 0 Å². The van der Waals surface area contributed by atoms with Gasteiger partial charge >= 0.3 is 0 Å². The molecule has 0 aromatic carbocycles. The third-order valence-electron chi connectivity index (χ3n) is 4.62. The molecule has 0 bridgehead atoms. The Morgan fingerprint density at radius 2 is 1.91 bits per heavy atom. The fourth-order valence-electron chi connectivity index (χ4n) is 3.32. The van der Waals surface area contributed by atoms with E-state index in [0.717, 1.165) is 0 Å². The van der Waals surface area contributed by atoms with Crippen LogP contribution in [0.15, 0.2) is 4.79 Å². The molecule has 0 unspecified atom stereocenters. The van der Waals surface area contributed by atoms with E-state index in [0.29, 0.717) is 69.1 Å². The molecule has 1 aromatic heterocycles. The summed E-state index contributed by atoms with van der Waals surface area (Å²) in [7, 11) is 0. The van der Waals surface area contributed by atoms with Crippen LogP contribution >= 0.6 is 0 Å². The number of carbonyl (C=O) groups is 1. The Morgan fingerprint density at radius 1 is 1.26 bits per heavy atom. The molecule has 7 heteroatoms. The minimum atomic E-state index is -0.467. The molecule has 2 saturated heterocycles. The lowest BCUT2D eigenvalue weighted by Crippen LogP contribution is -2.47. The van der Waals surface area contributed by atoms with Crippen molar-refractivity contribution in [3.05, 3.63) is 27.4 Å². The molecule has 126 valence electrons. The number of piperidine rings is 1. The Labute approximate surface area is 135 Å². The van der Waals surface area contributed by atoms with E-state index < -0.39 is 5.79 Å². The van der Waals surface area contributed by atoms with Gasteiger partial charge in [0.15, 0.2) is 5.79 Å². The molecular formula is C16H23N3O4. The molecule has 1 aromatic rings. The average Bonchev–Trinajstić information content (AvgIpc) is 2.95. The number of aromatic amines is 1. The molecule has 3 rings (SSSR count). The highest BCUT2D eigenvalue weighted by Crippen LogP contribution is 2.31. The standard InChI is InChI=1S/C16H23N3O4/c1-11-13(15(21)18-12(2)17-11)3-4-14(20)19-7-5-16(6-8-19)22-9-10-23-16/h3-10H2,1-2H3,(H,17,18,21). The lowest BCUT2D eigenvalue weighted by atomic mass is 10.0. The van der Waals surface area contributed by atoms with Crippen molar-refractivity contribution in [2.45, 2.75) is 45.3 Å². The zero-order chi connectivity index (χ0) is 16.4. The maximum Gasteiger partial charge on any atom is 0.254 e. The van der Waals surface area contributed by atoms with Crippen LogP contribution in [0.5, 0.6) is 0 Å². The molecule has 2 fully saturated rings. The van der Waals surface area contributed by atoms with Crippen LogP contribution in [0.3, 0.4) is 0 Å². The first kappa shape index (κ1) is 16.1. The summed E-state index contributed by atoms with van der Waals surface area (Å²) in [6.45, 7) is 6.11. The summed E-state index contributed by atoms with van der Waals surface area (Å²) in [5.41, 5.74) is 1.15. The number of rotatable bonds is 3. The van der Waals surface area contributed by atoms with Crippen molar-refractivity contribution >= 4 is 5.91 Å². The first-order valence-corrected chi connectivity index (χ1v) is 8.11. The van der Waals surface area contributed by atoms with Crippen molar-refractivity contribution in [1.29, 1.82) is 0 Å². The van der Waals surface area contributed by atoms with Crippen LogP contribution in [0.25, 0.3) is 0 Å². The minimum absolute atomic E-state index is 0.0669. The number of ether oxygens (including phenoxy) is 2. The van der Waals surface area contributed by atoms with Crippen LogP contribution in [0, 0.1) is 13.8 Å². The summed E-state index contributed by atoms with van der Waals surface area (Å²) >= 11 is 0. The fourth-order valence-corrected chi connectivity index (χ4v) is 3.32. The molecule has 1 spiro atoms. The van der Waals surface area contributed by atoms with Gasteiger partial charge in [0.25, 0.3) is 5.56 Å². The van der Waals surface area contributed by atoms with E-state index in [-0.39, 0.29) is 11.5 Å². The van der Waals surface area contributed by atoms with Crippen molar-refractivity contribution in [2.75, 3.05) is 26.3 Å². The highest BCUT2D eigenvalue weighted by Gasteiger charge is 2.40. The molecule has 1 amide bonds. The quantitative estimate of drug-likeness (QED) is 0.885. The van der Waals surface area contributed by atoms with Crippen molar-refractivity contribution in [3.8, 4) is 0 Å². The number of aryl methyl sites for hydroxylation is 2. The van der Waals surface area contributed by atoms with Crippen molar-refractivity contribution in [1.82, 2.24) is 14.9 Å². The molecule has 2 aliphatic heterocycles. The Kier molecular flexibility index (Phi) is 4.50. The van der Waals surface area contributed by atoms with Gasteiger partial charge in [0, 0.05) is 43.6 Å². The number of H-pyrrole nitrogens is 1. The number of hydrogen-bond donors (Lipinski definition) is 1. The van der Waals surface area contributed by atoms with Crippen LogP contribution < -0.4 is 5.56 Å². The summed E-state index contributed by atoms with van der Waals surface area (Å²) in [4.78, 5) is 33.1. The lowest BCUT2D eigenvalue weighted by molar-refractivity contribution is -0.187. The predicted octanol–water partition coefficient (Wildman–Crippen LogP) is 0.685. The van der Waals surface area contributed by atoms with Crippen molar-refractivity contribution < 1.29 is 14.3 Å². The van der Waals surface area contributed by atoms with Gasteiger partial charge in [-0.2, -0.15) is 0 Å². The number of nitrogens with one attached hydrogen (secondary N) is 1. The summed E-state index contributed by atoms with van der Waals surface area (Å²) in [6.07, 6.45) is 2.17. The van der Waals surface area contributed by atoms with Crippen molar-refractivity contribution in [2.24, 2.45) is 0 Å². The summed E-state index contributed by atoms with van der Waals surface area (Å²) in [5.74, 6) is 0.198. The Balaban J connectivity index is 1.55. The molecule has 0 saturated carbocycles. The van der Waals surface area contributed by atoms with Gasteiger partial charge < -0.3 is 19.4 Å². The number of hydrogen-bond acceptors (Lipinski definition) is 5. The number of aromatic nitrogens is 2. The molecule has 23 heavy (non-hydrogen) atoms. The molecule has 2 aliphatic rings. The topological polar surface area (TPSA) is 84.5 Å². The highest BCUT2D eigenvalue weighted by molar-refractivity contribution is 5.76. The SMILES string of the molecule is Cc1nc(C)c(CCC(=O)N2CCC3(CC2)OCCO3)c(=O)[nH]1. The van der Waals surface area contributed by atoms with E-state index >= 15 is 0 Å². The normalized spacial score (nSPS) is 20.2. The second-order valence-electron chi connectivity index (χ2n) is 6.20. The van der Waals surface area contributed by atoms with Crippen molar-refractivity contribution in [3.63, 3.8) is 0 Å². The van der Waals surface area contributed by atoms with Crippen LogP contribution in [0.4, 0.5) is 0 Å². The predicted molar refractivity (Wildman–Crippen MR) is 83.1 cm³/mol. The number of carbonyl (C=O) groups excluding carboxylic acids is 1. The largest absolute Gasteiger partial charge is 0.347 e. The minimum Gasteiger partial charge on any atom is -0.347 e. The van der Waals surface area contributed by atoms with Gasteiger partial charge in [0.1, 0.15) is 5.82 Å². The molecule has 3 heterocycles. The third-order valence-corrected chi connectivity index (χ3v) is 4.62. The Hall–Kier alpha value is -1.73. The molecular weight excluding hydrogens is 298 g/mol. The van der Waals surface area contributed by atoms with E-state index in [1.165, 1.54) is 0 Å². The van der Waals surface area contributed by atoms with Crippen LogP contribution in [0.1, 0.15) is 36.3 Å². The Bertz CT molecular complexity index is 639. The van der Waals surface area contributed by atoms with Gasteiger partial charge in [-0.25, -0.2) is 4.98 Å². The zero-order valence-corrected chi connectivity index (χ0v) is 13.7. The van der Waals surface area contributed by atoms with Crippen LogP contribution in [0.2, 0.25) is 0 Å². The fraction of sp³-hybridized carbons (Fsp3) is 0.688. The highest BCUT2D eigenvalue weighted by atomic mass is 16.7. The second-order valence-corrected chi connectivity index (χ2v) is 6.20. The van der Waals surface area contributed by atoms with Gasteiger partial charge in [-0.3, -0.25) is 9.59 Å². The second kappa shape index (κ2) is 6.41. The Morgan fingerprint density at radius 3 is 2.52 bits per heavy atom. The van der Waals surface area contributed by atoms with Gasteiger partial charge in [0.2, 0.25) is 5.91 Å². The smallest absolute Gasteiger partial charge is 0.254 e. The molecule has 0 aliphatic carbocycles. The third kappa shape index (κ3) is 3.45. The first-order chi connectivity index (χ1) is 11.0. The summed E-state index contributed by atoms with van der Waals surface area (Å²) in [6, 6.07) is 0. The zero-order valence-electron chi connectivity index (χ0n) is 13.7. The summed E-state index contributed by atoms with van der Waals surface area (Å²) < 4.78 is 11.3. The van der Waals surface area contributed by atoms with E-state index in [1.54, 1.807) is 6.92 Å². The monoisotopic (exact) mass is 321 g/mol. The molecule has 7 nitrogen and oxygen atoms in total. The van der Waals surface area contributed by atoms with Crippen LogP contribution in [-0.2, 0) is 20.7 Å². The van der Waals surface area contributed by atoms with E-state index in [1.807, 2.05) is 11.8 Å². The summed E-state index contributed by atoms with van der Waals surface area (Å²) in [5, 5.41) is 0. The van der Waals surface area contributed by atoms with E-state index in [4.69, 9.17) is 9.47 Å². The molecule has 1 N–H and O–H groups in total. The van der Waals surface area contributed by atoms with Gasteiger partial charge in [-0.1, -0.05) is 0 Å². The maximum absolute atomic E-state index is 12.4. The van der Waals surface area contributed by atoms with Gasteiger partial charge in [-0.05, 0) is 20.3 Å². The number of amides is 1. The molecule has 0 radical (unpaired) electrons. The molecule has 0 atom stereocenters. The average molecular weight is 321 g/mol. The van der Waals surface area contributed by atoms with E-state index in [2.05, 4.69) is 9.97 Å². The van der Waals surface area contributed by atoms with Gasteiger partial charge in [0.05, 0.1) is 13.2 Å². The van der Waals surface area contributed by atoms with Crippen LogP contribution in [-0.4, -0.2) is 52.9 Å². The maximum atomic E-state index is 12.4. The lowest BCUT2D eigenvalue weighted by Gasteiger charge is -2.37. The number of nitrogens with zero attached hydrogens (tertiary/aromatic N) is 2. The van der Waals surface area contributed by atoms with E-state index in [9.17, 15) is 9.59 Å². The first-order valence-electron chi connectivity index (χ1n) is 8.11.